The lowest BCUT2D eigenvalue weighted by molar-refractivity contribution is -0.143. The van der Waals surface area contributed by atoms with Crippen LogP contribution in [0.3, 0.4) is 0 Å². The predicted octanol–water partition coefficient (Wildman–Crippen LogP) is -3.69. The molecule has 0 aromatic carbocycles. The molecule has 1 heterocycles. The van der Waals surface area contributed by atoms with E-state index in [1.54, 1.807) is 0 Å². The van der Waals surface area contributed by atoms with Crippen LogP contribution in [0.5, 0.6) is 0 Å². The zero-order valence-electron chi connectivity index (χ0n) is 16.0. The molecule has 0 aliphatic heterocycles. The number of aromatic amines is 1. The molecule has 30 heavy (non-hydrogen) atoms. The van der Waals surface area contributed by atoms with E-state index >= 15 is 0 Å². The molecule has 0 saturated carbocycles. The largest absolute Gasteiger partial charge is 0.481 e. The van der Waals surface area contributed by atoms with E-state index in [9.17, 15) is 34.2 Å². The van der Waals surface area contributed by atoms with Crippen LogP contribution in [-0.4, -0.2) is 85.7 Å². The van der Waals surface area contributed by atoms with Crippen LogP contribution in [-0.2, 0) is 30.4 Å². The number of carboxylic acids is 2. The van der Waals surface area contributed by atoms with Gasteiger partial charge in [-0.2, -0.15) is 0 Å². The first kappa shape index (κ1) is 24.5. The van der Waals surface area contributed by atoms with Gasteiger partial charge in [0.25, 0.3) is 0 Å². The monoisotopic (exact) mass is 428 g/mol. The predicted molar refractivity (Wildman–Crippen MR) is 98.7 cm³/mol. The lowest BCUT2D eigenvalue weighted by Gasteiger charge is -2.20. The Labute approximate surface area is 170 Å². The Morgan fingerprint density at radius 2 is 1.80 bits per heavy atom. The number of carbonyl (C=O) groups excluding carboxylic acids is 3. The Morgan fingerprint density at radius 3 is 2.30 bits per heavy atom. The number of nitrogens with one attached hydrogen (secondary N) is 4. The zero-order valence-corrected chi connectivity index (χ0v) is 16.0. The Hall–Kier alpha value is -3.52. The van der Waals surface area contributed by atoms with E-state index in [0.29, 0.717) is 5.69 Å². The van der Waals surface area contributed by atoms with Gasteiger partial charge in [0.05, 0.1) is 25.4 Å². The minimum atomic E-state index is -1.60. The summed E-state index contributed by atoms with van der Waals surface area (Å²) in [4.78, 5) is 64.8. The second kappa shape index (κ2) is 11.5. The fourth-order valence-corrected chi connectivity index (χ4v) is 2.22. The van der Waals surface area contributed by atoms with Crippen molar-refractivity contribution >= 4 is 29.7 Å². The summed E-state index contributed by atoms with van der Waals surface area (Å²) in [7, 11) is 0. The van der Waals surface area contributed by atoms with Crippen LogP contribution < -0.4 is 21.7 Å². The molecule has 3 amide bonds. The molecule has 166 valence electrons. The lowest BCUT2D eigenvalue weighted by Crippen LogP contribution is -2.55. The number of nitrogens with two attached hydrogens (primary N) is 1. The van der Waals surface area contributed by atoms with Crippen LogP contribution in [0.15, 0.2) is 12.5 Å². The first-order valence-corrected chi connectivity index (χ1v) is 8.74. The van der Waals surface area contributed by atoms with Crippen LogP contribution in [0.2, 0.25) is 0 Å². The fourth-order valence-electron chi connectivity index (χ4n) is 2.22. The van der Waals surface area contributed by atoms with Gasteiger partial charge in [0, 0.05) is 18.3 Å². The van der Waals surface area contributed by atoms with Gasteiger partial charge >= 0.3 is 11.9 Å². The molecule has 14 heteroatoms. The molecule has 4 unspecified atom stereocenters. The van der Waals surface area contributed by atoms with Crippen molar-refractivity contribution in [2.45, 2.75) is 44.0 Å². The molecule has 9 N–H and O–H groups in total. The smallest absolute Gasteiger partial charge is 0.326 e. The van der Waals surface area contributed by atoms with Crippen molar-refractivity contribution in [3.05, 3.63) is 18.2 Å². The van der Waals surface area contributed by atoms with Crippen molar-refractivity contribution in [3.63, 3.8) is 0 Å². The average molecular weight is 428 g/mol. The number of carbonyl (C=O) groups is 5. The van der Waals surface area contributed by atoms with Gasteiger partial charge in [-0.05, 0) is 6.92 Å². The number of aliphatic hydroxyl groups is 1. The van der Waals surface area contributed by atoms with Gasteiger partial charge < -0.3 is 42.0 Å². The van der Waals surface area contributed by atoms with E-state index in [2.05, 4.69) is 25.9 Å². The van der Waals surface area contributed by atoms with E-state index in [0.717, 1.165) is 0 Å². The maximum absolute atomic E-state index is 12.4. The van der Waals surface area contributed by atoms with E-state index in [4.69, 9.17) is 10.8 Å². The number of H-pyrrole nitrogens is 1. The topological polar surface area (TPSA) is 237 Å². The highest BCUT2D eigenvalue weighted by Crippen LogP contribution is 2.01. The minimum absolute atomic E-state index is 0.151. The molecule has 0 radical (unpaired) electrons. The highest BCUT2D eigenvalue weighted by atomic mass is 16.4. The molecule has 0 spiro atoms. The molecule has 0 fully saturated rings. The summed E-state index contributed by atoms with van der Waals surface area (Å²) < 4.78 is 0. The molecule has 14 nitrogen and oxygen atoms in total. The number of hydrogen-bond donors (Lipinski definition) is 8. The number of amides is 3. The first-order valence-electron chi connectivity index (χ1n) is 8.74. The Kier molecular flexibility index (Phi) is 9.38. The van der Waals surface area contributed by atoms with Crippen molar-refractivity contribution in [2.24, 2.45) is 5.73 Å². The third kappa shape index (κ3) is 8.24. The highest BCUT2D eigenvalue weighted by molar-refractivity contribution is 5.94. The number of nitrogens with zero attached hydrogens (tertiary/aromatic N) is 1. The fraction of sp³-hybridized carbons (Fsp3) is 0.500. The third-order valence-corrected chi connectivity index (χ3v) is 3.87. The van der Waals surface area contributed by atoms with Gasteiger partial charge in [0.2, 0.25) is 17.7 Å². The maximum Gasteiger partial charge on any atom is 0.326 e. The SMILES string of the molecule is CC(O)C(N)C(=O)NCC(=O)NC(CC(=O)O)C(=O)NC(Cc1cnc[nH]1)C(=O)O. The van der Waals surface area contributed by atoms with Crippen molar-refractivity contribution in [1.29, 1.82) is 0 Å². The quantitative estimate of drug-likeness (QED) is 0.162. The maximum atomic E-state index is 12.4. The zero-order chi connectivity index (χ0) is 22.8. The number of rotatable bonds is 12. The van der Waals surface area contributed by atoms with Crippen LogP contribution >= 0.6 is 0 Å². The van der Waals surface area contributed by atoms with Gasteiger partial charge in [-0.25, -0.2) is 9.78 Å². The van der Waals surface area contributed by atoms with Crippen molar-refractivity contribution in [2.75, 3.05) is 6.54 Å². The number of aliphatic carboxylic acids is 2. The van der Waals surface area contributed by atoms with Gasteiger partial charge in [-0.15, -0.1) is 0 Å². The van der Waals surface area contributed by atoms with E-state index < -0.39 is 66.9 Å². The number of aromatic nitrogens is 2. The molecule has 4 atom stereocenters. The van der Waals surface area contributed by atoms with E-state index in [1.807, 2.05) is 0 Å². The minimum Gasteiger partial charge on any atom is -0.481 e. The van der Waals surface area contributed by atoms with Crippen LogP contribution in [0.25, 0.3) is 0 Å². The van der Waals surface area contributed by atoms with Crippen molar-refractivity contribution in [3.8, 4) is 0 Å². The standard InChI is InChI=1S/C16H24N6O8/c1-7(23)13(17)15(28)19-5-11(24)21-9(3-12(25)26)14(27)22-10(16(29)30)2-8-4-18-6-20-8/h4,6-7,9-10,13,23H,2-3,5,17H2,1H3,(H,18,20)(H,19,28)(H,21,24)(H,22,27)(H,25,26)(H,29,30). The van der Waals surface area contributed by atoms with Gasteiger partial charge in [0.1, 0.15) is 18.1 Å². The molecule has 1 aromatic rings. The summed E-state index contributed by atoms with van der Waals surface area (Å²) in [6, 6.07) is -4.29. The Morgan fingerprint density at radius 1 is 1.13 bits per heavy atom. The van der Waals surface area contributed by atoms with Crippen LogP contribution in [0.1, 0.15) is 19.0 Å². The molecular weight excluding hydrogens is 404 g/mol. The van der Waals surface area contributed by atoms with E-state index in [1.165, 1.54) is 19.4 Å². The highest BCUT2D eigenvalue weighted by Gasteiger charge is 2.29. The Balaban J connectivity index is 2.73. The summed E-state index contributed by atoms with van der Waals surface area (Å²) >= 11 is 0. The van der Waals surface area contributed by atoms with Crippen LogP contribution in [0, 0.1) is 0 Å². The summed E-state index contributed by atoms with van der Waals surface area (Å²) in [6.07, 6.45) is 0.541. The van der Waals surface area contributed by atoms with Gasteiger partial charge in [-0.1, -0.05) is 0 Å². The first-order chi connectivity index (χ1) is 14.0. The van der Waals surface area contributed by atoms with Gasteiger partial charge in [-0.3, -0.25) is 19.2 Å². The summed E-state index contributed by atoms with van der Waals surface area (Å²) in [5, 5.41) is 33.9. The normalized spacial score (nSPS) is 14.6. The lowest BCUT2D eigenvalue weighted by atomic mass is 10.1. The molecule has 1 aromatic heterocycles. The number of aliphatic hydroxyl groups excluding tert-OH is 1. The number of hydrogen-bond acceptors (Lipinski definition) is 8. The molecule has 1 rings (SSSR count). The molecular formula is C16H24N6O8. The second-order valence-corrected chi connectivity index (χ2v) is 6.38. The molecule has 0 aliphatic carbocycles. The number of imidazole rings is 1. The average Bonchev–Trinajstić information content (AvgIpc) is 3.16. The summed E-state index contributed by atoms with van der Waals surface area (Å²) in [5.41, 5.74) is 5.82. The molecule has 0 aliphatic rings. The van der Waals surface area contributed by atoms with E-state index in [-0.39, 0.29) is 6.42 Å². The summed E-state index contributed by atoms with van der Waals surface area (Å²) in [5.74, 6) is -5.58. The van der Waals surface area contributed by atoms with Crippen molar-refractivity contribution in [1.82, 2.24) is 25.9 Å². The molecule has 0 saturated heterocycles. The Bertz CT molecular complexity index is 766. The molecule has 0 bridgehead atoms. The second-order valence-electron chi connectivity index (χ2n) is 6.38. The van der Waals surface area contributed by atoms with Gasteiger partial charge in [0.15, 0.2) is 0 Å². The van der Waals surface area contributed by atoms with Crippen molar-refractivity contribution < 1.29 is 39.3 Å². The van der Waals surface area contributed by atoms with Crippen LogP contribution in [0.4, 0.5) is 0 Å². The third-order valence-electron chi connectivity index (χ3n) is 3.87. The summed E-state index contributed by atoms with van der Waals surface area (Å²) in [6.45, 7) is 0.638. The number of carboxylic acid groups (broad SMARTS) is 2.